The number of carbonyl (C=O) groups excluding carboxylic acids is 3. The molecule has 0 atom stereocenters. The van der Waals surface area contributed by atoms with Crippen LogP contribution in [0.25, 0.3) is 0 Å². The highest BCUT2D eigenvalue weighted by Gasteiger charge is 2.19. The van der Waals surface area contributed by atoms with Crippen LogP contribution in [0.1, 0.15) is 27.6 Å². The zero-order valence-corrected chi connectivity index (χ0v) is 18.3. The van der Waals surface area contributed by atoms with Gasteiger partial charge in [0, 0.05) is 11.8 Å². The van der Waals surface area contributed by atoms with Gasteiger partial charge in [0.15, 0.2) is 0 Å². The lowest BCUT2D eigenvalue weighted by atomic mass is 10.2. The summed E-state index contributed by atoms with van der Waals surface area (Å²) in [5, 5.41) is 6.44. The number of thiophene rings is 1. The van der Waals surface area contributed by atoms with E-state index in [4.69, 9.17) is 0 Å². The van der Waals surface area contributed by atoms with Crippen LogP contribution in [-0.2, 0) is 14.8 Å². The van der Waals surface area contributed by atoms with Crippen LogP contribution in [0.3, 0.4) is 0 Å². The van der Waals surface area contributed by atoms with E-state index in [1.165, 1.54) is 42.6 Å². The monoisotopic (exact) mass is 474 g/mol. The number of nitrogens with one attached hydrogen (secondary N) is 3. The third kappa shape index (κ3) is 5.68. The average molecular weight is 475 g/mol. The van der Waals surface area contributed by atoms with Gasteiger partial charge in [-0.05, 0) is 54.8 Å². The highest BCUT2D eigenvalue weighted by molar-refractivity contribution is 7.92. The van der Waals surface area contributed by atoms with Crippen LogP contribution in [0.15, 0.2) is 65.0 Å². The SMILES string of the molecule is CCOC(=O)NC(=O)c1ccsc1NC(=O)c1ccc(S(=O)(=O)Nc2ccccn2)cc1. The van der Waals surface area contributed by atoms with E-state index in [2.05, 4.69) is 25.1 Å². The van der Waals surface area contributed by atoms with Crippen LogP contribution >= 0.6 is 11.3 Å². The number of benzene rings is 1. The summed E-state index contributed by atoms with van der Waals surface area (Å²) < 4.78 is 31.9. The number of carbonyl (C=O) groups is 3. The molecule has 0 saturated heterocycles. The highest BCUT2D eigenvalue weighted by atomic mass is 32.2. The number of amides is 3. The third-order valence-corrected chi connectivity index (χ3v) is 6.16. The van der Waals surface area contributed by atoms with Crippen molar-refractivity contribution in [1.82, 2.24) is 10.3 Å². The molecular weight excluding hydrogens is 456 g/mol. The second-order valence-corrected chi connectivity index (χ2v) is 8.74. The van der Waals surface area contributed by atoms with Gasteiger partial charge in [0.2, 0.25) is 0 Å². The minimum Gasteiger partial charge on any atom is -0.450 e. The lowest BCUT2D eigenvalue weighted by Gasteiger charge is -2.09. The van der Waals surface area contributed by atoms with Crippen LogP contribution in [0, 0.1) is 0 Å². The van der Waals surface area contributed by atoms with Crippen molar-refractivity contribution >= 4 is 50.1 Å². The zero-order valence-electron chi connectivity index (χ0n) is 16.7. The van der Waals surface area contributed by atoms with Crippen molar-refractivity contribution in [2.45, 2.75) is 11.8 Å². The summed E-state index contributed by atoms with van der Waals surface area (Å²) in [6, 6.07) is 11.5. The number of pyridine rings is 1. The quantitative estimate of drug-likeness (QED) is 0.477. The molecule has 1 aromatic carbocycles. The van der Waals surface area contributed by atoms with Gasteiger partial charge in [0.25, 0.3) is 21.8 Å². The van der Waals surface area contributed by atoms with Crippen LogP contribution in [-0.4, -0.2) is 37.9 Å². The second-order valence-electron chi connectivity index (χ2n) is 6.14. The van der Waals surface area contributed by atoms with Gasteiger partial charge >= 0.3 is 6.09 Å². The molecule has 0 unspecified atom stereocenters. The van der Waals surface area contributed by atoms with Gasteiger partial charge in [-0.3, -0.25) is 19.6 Å². The summed E-state index contributed by atoms with van der Waals surface area (Å²) in [6.07, 6.45) is 0.564. The first-order valence-corrected chi connectivity index (χ1v) is 11.6. The maximum absolute atomic E-state index is 12.6. The Morgan fingerprint density at radius 1 is 1.03 bits per heavy atom. The predicted octanol–water partition coefficient (Wildman–Crippen LogP) is 3.08. The molecule has 3 aromatic rings. The molecule has 2 aromatic heterocycles. The van der Waals surface area contributed by atoms with Crippen LogP contribution in [0.5, 0.6) is 0 Å². The topological polar surface area (TPSA) is 144 Å². The van der Waals surface area contributed by atoms with Crippen LogP contribution in [0.4, 0.5) is 15.6 Å². The Morgan fingerprint density at radius 2 is 1.78 bits per heavy atom. The summed E-state index contributed by atoms with van der Waals surface area (Å²) in [5.41, 5.74) is 0.266. The molecule has 166 valence electrons. The second kappa shape index (κ2) is 10.0. The number of alkyl carbamates (subject to hydrolysis) is 1. The number of hydrogen-bond donors (Lipinski definition) is 3. The lowest BCUT2D eigenvalue weighted by Crippen LogP contribution is -2.31. The molecule has 2 heterocycles. The van der Waals surface area contributed by atoms with E-state index in [1.807, 2.05) is 0 Å². The predicted molar refractivity (Wildman–Crippen MR) is 118 cm³/mol. The Hall–Kier alpha value is -3.77. The molecule has 0 aliphatic rings. The maximum atomic E-state index is 12.6. The number of anilines is 2. The Labute approximate surface area is 187 Å². The molecular formula is C20H18N4O6S2. The Morgan fingerprint density at radius 3 is 2.44 bits per heavy atom. The summed E-state index contributed by atoms with van der Waals surface area (Å²) in [7, 11) is -3.88. The summed E-state index contributed by atoms with van der Waals surface area (Å²) in [6.45, 7) is 1.71. The van der Waals surface area contributed by atoms with E-state index in [9.17, 15) is 22.8 Å². The number of nitrogens with zero attached hydrogens (tertiary/aromatic N) is 1. The molecule has 3 N–H and O–H groups in total. The van der Waals surface area contributed by atoms with E-state index in [1.54, 1.807) is 24.4 Å². The van der Waals surface area contributed by atoms with E-state index in [0.717, 1.165) is 11.3 Å². The van der Waals surface area contributed by atoms with E-state index >= 15 is 0 Å². The van der Waals surface area contributed by atoms with E-state index in [-0.39, 0.29) is 33.4 Å². The van der Waals surface area contributed by atoms with Crippen molar-refractivity contribution in [3.8, 4) is 0 Å². The molecule has 12 heteroatoms. The molecule has 10 nitrogen and oxygen atoms in total. The molecule has 3 amide bonds. The van der Waals surface area contributed by atoms with Gasteiger partial charge in [-0.25, -0.2) is 18.2 Å². The fourth-order valence-electron chi connectivity index (χ4n) is 2.49. The first kappa shape index (κ1) is 22.9. The van der Waals surface area contributed by atoms with Gasteiger partial charge < -0.3 is 10.1 Å². The Kier molecular flexibility index (Phi) is 7.18. The van der Waals surface area contributed by atoms with Gasteiger partial charge in [-0.2, -0.15) is 0 Å². The van der Waals surface area contributed by atoms with E-state index in [0.29, 0.717) is 0 Å². The fourth-order valence-corrected chi connectivity index (χ4v) is 4.28. The number of sulfonamides is 1. The van der Waals surface area contributed by atoms with Crippen molar-refractivity contribution in [1.29, 1.82) is 0 Å². The van der Waals surface area contributed by atoms with Crippen molar-refractivity contribution < 1.29 is 27.5 Å². The molecule has 0 radical (unpaired) electrons. The fraction of sp³-hybridized carbons (Fsp3) is 0.100. The van der Waals surface area contributed by atoms with Gasteiger partial charge in [0.05, 0.1) is 17.1 Å². The molecule has 3 rings (SSSR count). The summed E-state index contributed by atoms with van der Waals surface area (Å²) in [5.74, 6) is -1.11. The molecule has 0 spiro atoms. The largest absolute Gasteiger partial charge is 0.450 e. The number of ether oxygens (including phenoxy) is 1. The molecule has 0 bridgehead atoms. The zero-order chi connectivity index (χ0) is 23.1. The number of rotatable bonds is 7. The first-order chi connectivity index (χ1) is 15.3. The molecule has 0 saturated carbocycles. The standard InChI is InChI=1S/C20H18N4O6S2/c1-2-30-20(27)23-18(26)15-10-12-31-19(15)22-17(25)13-6-8-14(9-7-13)32(28,29)24-16-5-3-4-11-21-16/h3-12H,2H2,1H3,(H,21,24)(H,22,25)(H,23,26,27). The van der Waals surface area contributed by atoms with Gasteiger partial charge in [-0.1, -0.05) is 6.07 Å². The number of aromatic nitrogens is 1. The smallest absolute Gasteiger partial charge is 0.414 e. The van der Waals surface area contributed by atoms with Crippen molar-refractivity contribution in [2.24, 2.45) is 0 Å². The van der Waals surface area contributed by atoms with Gasteiger partial charge in [-0.15, -0.1) is 11.3 Å². The highest BCUT2D eigenvalue weighted by Crippen LogP contribution is 2.24. The van der Waals surface area contributed by atoms with Crippen molar-refractivity contribution in [2.75, 3.05) is 16.6 Å². The minimum atomic E-state index is -3.88. The molecule has 0 fully saturated rings. The normalized spacial score (nSPS) is 10.8. The maximum Gasteiger partial charge on any atom is 0.414 e. The molecule has 0 aliphatic carbocycles. The van der Waals surface area contributed by atoms with Gasteiger partial charge in [0.1, 0.15) is 10.8 Å². The summed E-state index contributed by atoms with van der Waals surface area (Å²) >= 11 is 1.09. The Bertz CT molecular complexity index is 1220. The lowest BCUT2D eigenvalue weighted by molar-refractivity contribution is 0.0926. The molecule has 32 heavy (non-hydrogen) atoms. The van der Waals surface area contributed by atoms with E-state index < -0.39 is 27.9 Å². The third-order valence-electron chi connectivity index (χ3n) is 3.96. The average Bonchev–Trinajstić information content (AvgIpc) is 3.22. The number of hydrogen-bond acceptors (Lipinski definition) is 8. The number of imide groups is 1. The van der Waals surface area contributed by atoms with Crippen LogP contribution < -0.4 is 15.4 Å². The first-order valence-electron chi connectivity index (χ1n) is 9.21. The Balaban J connectivity index is 1.69. The summed E-state index contributed by atoms with van der Waals surface area (Å²) in [4.78, 5) is 40.1. The van der Waals surface area contributed by atoms with Crippen LogP contribution in [0.2, 0.25) is 0 Å². The minimum absolute atomic E-state index is 0.0506. The van der Waals surface area contributed by atoms with Crippen molar-refractivity contribution in [3.63, 3.8) is 0 Å². The molecule has 0 aliphatic heterocycles. The van der Waals surface area contributed by atoms with Crippen molar-refractivity contribution in [3.05, 3.63) is 71.2 Å².